The molecule has 0 saturated carbocycles. The zero-order valence-electron chi connectivity index (χ0n) is 15.9. The summed E-state index contributed by atoms with van der Waals surface area (Å²) in [7, 11) is 0. The molecule has 0 aliphatic carbocycles. The van der Waals surface area contributed by atoms with Crippen LogP contribution in [0.5, 0.6) is 5.75 Å². The molecule has 2 fully saturated rings. The smallest absolute Gasteiger partial charge is 0.257 e. The number of hydrogen-bond acceptors (Lipinski definition) is 5. The number of nitrogens with zero attached hydrogens (tertiary/aromatic N) is 5. The van der Waals surface area contributed by atoms with Crippen molar-refractivity contribution in [3.63, 3.8) is 0 Å². The van der Waals surface area contributed by atoms with Gasteiger partial charge in [-0.2, -0.15) is 5.10 Å². The van der Waals surface area contributed by atoms with Crippen molar-refractivity contribution >= 4 is 11.7 Å². The van der Waals surface area contributed by atoms with Gasteiger partial charge in [-0.15, -0.1) is 0 Å². The Morgan fingerprint density at radius 2 is 2.15 bits per heavy atom. The van der Waals surface area contributed by atoms with Gasteiger partial charge in [0.1, 0.15) is 6.10 Å². The van der Waals surface area contributed by atoms with Gasteiger partial charge in [0.05, 0.1) is 18.3 Å². The summed E-state index contributed by atoms with van der Waals surface area (Å²) in [5.41, 5.74) is 0.656. The molecule has 0 N–H and O–H groups in total. The highest BCUT2D eigenvalue weighted by atomic mass is 16.5. The lowest BCUT2D eigenvalue weighted by atomic mass is 10.3. The fraction of sp³-hybridized carbons (Fsp3) is 0.550. The largest absolute Gasteiger partial charge is 0.485 e. The first-order valence-electron chi connectivity index (χ1n) is 9.93. The van der Waals surface area contributed by atoms with Crippen LogP contribution in [-0.2, 0) is 6.54 Å². The van der Waals surface area contributed by atoms with E-state index in [1.807, 2.05) is 34.1 Å². The van der Waals surface area contributed by atoms with Gasteiger partial charge in [0.15, 0.2) is 11.6 Å². The monoisotopic (exact) mass is 369 g/mol. The van der Waals surface area contributed by atoms with Crippen molar-refractivity contribution in [1.29, 1.82) is 0 Å². The van der Waals surface area contributed by atoms with Crippen LogP contribution in [0.4, 0.5) is 5.82 Å². The van der Waals surface area contributed by atoms with E-state index >= 15 is 0 Å². The maximum Gasteiger partial charge on any atom is 0.257 e. The summed E-state index contributed by atoms with van der Waals surface area (Å²) in [6.45, 7) is 6.31. The lowest BCUT2D eigenvalue weighted by Gasteiger charge is -2.22. The van der Waals surface area contributed by atoms with E-state index in [1.165, 1.54) is 12.8 Å². The minimum Gasteiger partial charge on any atom is -0.485 e. The van der Waals surface area contributed by atoms with E-state index < -0.39 is 0 Å². The highest BCUT2D eigenvalue weighted by molar-refractivity contribution is 5.93. The molecule has 2 aliphatic heterocycles. The van der Waals surface area contributed by atoms with Gasteiger partial charge in [0.25, 0.3) is 5.91 Å². The number of ether oxygens (including phenoxy) is 1. The zero-order valence-corrected chi connectivity index (χ0v) is 15.9. The Morgan fingerprint density at radius 1 is 1.30 bits per heavy atom. The standard InChI is InChI=1S/C20H27N5O2/c1-2-9-25-14-16(13-22-25)20(26)24-12-7-17(15-24)27-18-6-5-8-21-19(18)23-10-3-4-11-23/h5-6,8,13-14,17H,2-4,7,9-12,15H2,1H3/t17-/m0/s1. The maximum absolute atomic E-state index is 12.7. The van der Waals surface area contributed by atoms with E-state index in [9.17, 15) is 4.79 Å². The molecule has 144 valence electrons. The predicted molar refractivity (Wildman–Crippen MR) is 103 cm³/mol. The number of carbonyl (C=O) groups excluding carboxylic acids is 1. The fourth-order valence-electron chi connectivity index (χ4n) is 3.84. The molecule has 7 nitrogen and oxygen atoms in total. The molecule has 0 radical (unpaired) electrons. The second-order valence-electron chi connectivity index (χ2n) is 7.29. The third-order valence-electron chi connectivity index (χ3n) is 5.22. The number of carbonyl (C=O) groups is 1. The van der Waals surface area contributed by atoms with Crippen molar-refractivity contribution in [3.05, 3.63) is 36.3 Å². The summed E-state index contributed by atoms with van der Waals surface area (Å²) in [6.07, 6.45) is 9.57. The van der Waals surface area contributed by atoms with Crippen molar-refractivity contribution in [2.24, 2.45) is 0 Å². The lowest BCUT2D eigenvalue weighted by Crippen LogP contribution is -2.31. The van der Waals surface area contributed by atoms with Crippen LogP contribution < -0.4 is 9.64 Å². The number of amides is 1. The Kier molecular flexibility index (Phi) is 5.27. The Bertz CT molecular complexity index is 784. The van der Waals surface area contributed by atoms with Gasteiger partial charge in [-0.3, -0.25) is 9.48 Å². The summed E-state index contributed by atoms with van der Waals surface area (Å²) in [6, 6.07) is 3.90. The Hall–Kier alpha value is -2.57. The molecule has 4 rings (SSSR count). The van der Waals surface area contributed by atoms with Gasteiger partial charge in [0, 0.05) is 45.0 Å². The van der Waals surface area contributed by atoms with E-state index in [0.29, 0.717) is 18.7 Å². The summed E-state index contributed by atoms with van der Waals surface area (Å²) >= 11 is 0. The maximum atomic E-state index is 12.7. The molecule has 2 aliphatic rings. The summed E-state index contributed by atoms with van der Waals surface area (Å²) in [5, 5.41) is 4.27. The minimum atomic E-state index is 0.00481. The van der Waals surface area contributed by atoms with Crippen LogP contribution in [0.2, 0.25) is 0 Å². The topological polar surface area (TPSA) is 63.5 Å². The quantitative estimate of drug-likeness (QED) is 0.783. The molecule has 0 spiro atoms. The number of aryl methyl sites for hydroxylation is 1. The van der Waals surface area contributed by atoms with Crippen LogP contribution in [0.3, 0.4) is 0 Å². The third-order valence-corrected chi connectivity index (χ3v) is 5.22. The summed E-state index contributed by atoms with van der Waals surface area (Å²) in [5.74, 6) is 1.80. The first-order chi connectivity index (χ1) is 13.2. The second kappa shape index (κ2) is 7.98. The van der Waals surface area contributed by atoms with Crippen LogP contribution in [0, 0.1) is 0 Å². The molecular formula is C20H27N5O2. The highest BCUT2D eigenvalue weighted by Crippen LogP contribution is 2.30. The number of anilines is 1. The molecule has 27 heavy (non-hydrogen) atoms. The van der Waals surface area contributed by atoms with Gasteiger partial charge in [-0.1, -0.05) is 6.92 Å². The van der Waals surface area contributed by atoms with Crippen LogP contribution in [0.15, 0.2) is 30.7 Å². The number of likely N-dealkylation sites (tertiary alicyclic amines) is 1. The zero-order chi connectivity index (χ0) is 18.6. The Labute approximate surface area is 159 Å². The van der Waals surface area contributed by atoms with Gasteiger partial charge in [-0.05, 0) is 31.4 Å². The van der Waals surface area contributed by atoms with Gasteiger partial charge in [0.2, 0.25) is 0 Å². The average Bonchev–Trinajstić information content (AvgIpc) is 3.44. The molecule has 4 heterocycles. The van der Waals surface area contributed by atoms with Crippen LogP contribution >= 0.6 is 0 Å². The highest BCUT2D eigenvalue weighted by Gasteiger charge is 2.30. The molecule has 1 amide bonds. The molecule has 0 unspecified atom stereocenters. The molecule has 0 aromatic carbocycles. The first kappa shape index (κ1) is 17.8. The van der Waals surface area contributed by atoms with E-state index in [4.69, 9.17) is 4.74 Å². The second-order valence-corrected chi connectivity index (χ2v) is 7.29. The predicted octanol–water partition coefficient (Wildman–Crippen LogP) is 2.58. The average molecular weight is 369 g/mol. The molecule has 0 bridgehead atoms. The SMILES string of the molecule is CCCn1cc(C(=O)N2CC[C@H](Oc3cccnc3N3CCCC3)C2)cn1. The normalized spacial score (nSPS) is 19.7. The minimum absolute atomic E-state index is 0.00481. The number of hydrogen-bond donors (Lipinski definition) is 0. The fourth-order valence-corrected chi connectivity index (χ4v) is 3.84. The Morgan fingerprint density at radius 3 is 2.96 bits per heavy atom. The van der Waals surface area contributed by atoms with Crippen LogP contribution in [0.25, 0.3) is 0 Å². The number of pyridine rings is 1. The molecule has 2 aromatic heterocycles. The van der Waals surface area contributed by atoms with Gasteiger partial charge in [-0.25, -0.2) is 4.98 Å². The molecule has 2 saturated heterocycles. The van der Waals surface area contributed by atoms with E-state index in [0.717, 1.165) is 44.0 Å². The van der Waals surface area contributed by atoms with Crippen molar-refractivity contribution < 1.29 is 9.53 Å². The first-order valence-corrected chi connectivity index (χ1v) is 9.93. The summed E-state index contributed by atoms with van der Waals surface area (Å²) < 4.78 is 8.09. The molecule has 1 atom stereocenters. The Balaban J connectivity index is 1.39. The van der Waals surface area contributed by atoms with Crippen molar-refractivity contribution in [2.75, 3.05) is 31.1 Å². The van der Waals surface area contributed by atoms with Gasteiger partial charge < -0.3 is 14.5 Å². The van der Waals surface area contributed by atoms with Crippen LogP contribution in [0.1, 0.15) is 43.0 Å². The summed E-state index contributed by atoms with van der Waals surface area (Å²) in [4.78, 5) is 21.4. The number of rotatable bonds is 6. The van der Waals surface area contributed by atoms with E-state index in [1.54, 1.807) is 6.20 Å². The number of aromatic nitrogens is 3. The van der Waals surface area contributed by atoms with Crippen LogP contribution in [-0.4, -0.2) is 57.9 Å². The van der Waals surface area contributed by atoms with Gasteiger partial charge >= 0.3 is 0 Å². The lowest BCUT2D eigenvalue weighted by molar-refractivity contribution is 0.0772. The van der Waals surface area contributed by atoms with E-state index in [-0.39, 0.29) is 12.0 Å². The molecular weight excluding hydrogens is 342 g/mol. The van der Waals surface area contributed by atoms with Crippen molar-refractivity contribution in [2.45, 2.75) is 45.3 Å². The van der Waals surface area contributed by atoms with Crippen molar-refractivity contribution in [1.82, 2.24) is 19.7 Å². The molecule has 7 heteroatoms. The third kappa shape index (κ3) is 3.91. The van der Waals surface area contributed by atoms with E-state index in [2.05, 4.69) is 21.9 Å². The molecule has 2 aromatic rings. The van der Waals surface area contributed by atoms with Crippen molar-refractivity contribution in [3.8, 4) is 5.75 Å².